The van der Waals surface area contributed by atoms with Crippen molar-refractivity contribution in [2.24, 2.45) is 0 Å². The van der Waals surface area contributed by atoms with Crippen LogP contribution in [0.2, 0.25) is 0 Å². The van der Waals surface area contributed by atoms with Crippen LogP contribution in [0.25, 0.3) is 0 Å². The zero-order chi connectivity index (χ0) is 37.3. The molecule has 0 saturated heterocycles. The normalized spacial score (nSPS) is 11.3. The van der Waals surface area contributed by atoms with E-state index in [2.05, 4.69) is 6.92 Å². The Morgan fingerprint density at radius 1 is 0.423 bits per heavy atom. The van der Waals surface area contributed by atoms with Crippen molar-refractivity contribution in [3.8, 4) is 5.75 Å². The van der Waals surface area contributed by atoms with Crippen molar-refractivity contribution in [3.63, 3.8) is 0 Å². The number of hydrogen-bond acceptors (Lipinski definition) is 14. The molecule has 0 aliphatic heterocycles. The van der Waals surface area contributed by atoms with Gasteiger partial charge in [-0.15, -0.1) is 0 Å². The quantitative estimate of drug-likeness (QED) is 0.0567. The number of benzene rings is 1. The maximum Gasteiger partial charge on any atom is 0.305 e. The number of hydrogen-bond donors (Lipinski definition) is 1. The largest absolute Gasteiger partial charge is 0.491 e. The van der Waals surface area contributed by atoms with E-state index in [4.69, 9.17) is 62.6 Å². The number of nitrogens with two attached hydrogens (primary N) is 1. The van der Waals surface area contributed by atoms with Crippen LogP contribution in [0, 0.1) is 0 Å². The van der Waals surface area contributed by atoms with Crippen LogP contribution in [-0.2, 0) is 56.9 Å². The predicted octanol–water partition coefficient (Wildman–Crippen LogP) is 4.50. The van der Waals surface area contributed by atoms with E-state index in [1.54, 1.807) is 12.1 Å². The monoisotopic (exact) mass is 747 g/mol. The van der Waals surface area contributed by atoms with Crippen LogP contribution in [0.15, 0.2) is 24.3 Å². The molecule has 0 aliphatic rings. The summed E-state index contributed by atoms with van der Waals surface area (Å²) in [6, 6.07) is 7.26. The first-order valence-corrected chi connectivity index (χ1v) is 19.1. The summed E-state index contributed by atoms with van der Waals surface area (Å²) in [6.45, 7) is 12.7. The Balaban J connectivity index is 1.63. The highest BCUT2D eigenvalue weighted by atomic mass is 16.6. The fourth-order valence-corrected chi connectivity index (χ4v) is 4.38. The number of anilines is 1. The molecule has 1 aromatic carbocycles. The average molecular weight is 748 g/mol. The number of carbonyl (C=O) groups excluding carboxylic acids is 1. The Hall–Kier alpha value is -2.11. The van der Waals surface area contributed by atoms with Gasteiger partial charge >= 0.3 is 5.97 Å². The second-order valence-corrected chi connectivity index (χ2v) is 11.6. The maximum atomic E-state index is 11.7. The molecule has 1 aromatic rings. The van der Waals surface area contributed by atoms with Gasteiger partial charge in [-0.1, -0.05) is 45.4 Å². The highest BCUT2D eigenvalue weighted by Gasteiger charge is 2.03. The molecule has 0 radical (unpaired) electrons. The smallest absolute Gasteiger partial charge is 0.305 e. The van der Waals surface area contributed by atoms with Gasteiger partial charge in [0.2, 0.25) is 0 Å². The molecule has 0 saturated carbocycles. The van der Waals surface area contributed by atoms with Crippen LogP contribution in [0.4, 0.5) is 5.69 Å². The van der Waals surface area contributed by atoms with Gasteiger partial charge in [0.25, 0.3) is 0 Å². The maximum absolute atomic E-state index is 11.7. The zero-order valence-corrected chi connectivity index (χ0v) is 31.9. The summed E-state index contributed by atoms with van der Waals surface area (Å²) in [5, 5.41) is 0. The van der Waals surface area contributed by atoms with Gasteiger partial charge in [-0.05, 0) is 30.7 Å². The summed E-state index contributed by atoms with van der Waals surface area (Å²) in [5.74, 6) is 0.627. The summed E-state index contributed by atoms with van der Waals surface area (Å²) in [5.41, 5.74) is 6.35. The van der Waals surface area contributed by atoms with Crippen molar-refractivity contribution in [1.29, 1.82) is 0 Å². The lowest BCUT2D eigenvalue weighted by atomic mass is 10.1. The average Bonchev–Trinajstić information content (AvgIpc) is 3.15. The number of esters is 1. The minimum Gasteiger partial charge on any atom is -0.491 e. The summed E-state index contributed by atoms with van der Waals surface area (Å²) in [6.07, 6.45) is 8.78. The Labute approximate surface area is 312 Å². The molecular weight excluding hydrogens is 678 g/mol. The minimum absolute atomic E-state index is 0.142. The van der Waals surface area contributed by atoms with E-state index in [9.17, 15) is 4.79 Å². The molecule has 0 fully saturated rings. The van der Waals surface area contributed by atoms with Crippen molar-refractivity contribution in [3.05, 3.63) is 24.3 Å². The first-order chi connectivity index (χ1) is 25.7. The van der Waals surface area contributed by atoms with E-state index in [0.717, 1.165) is 18.6 Å². The van der Waals surface area contributed by atoms with Gasteiger partial charge in [-0.3, -0.25) is 4.79 Å². The van der Waals surface area contributed by atoms with E-state index in [1.165, 1.54) is 32.1 Å². The third-order valence-corrected chi connectivity index (χ3v) is 7.20. The Morgan fingerprint density at radius 2 is 0.731 bits per heavy atom. The van der Waals surface area contributed by atoms with Crippen LogP contribution in [-0.4, -0.2) is 151 Å². The van der Waals surface area contributed by atoms with Gasteiger partial charge in [0.15, 0.2) is 0 Å². The SMILES string of the molecule is CCCCCCCCCC(=O)OCCOCCOCCOCCOCCOCCOCCOCCOCCOCCOCCOc1ccc(N)cc1. The third-order valence-electron chi connectivity index (χ3n) is 7.20. The van der Waals surface area contributed by atoms with E-state index in [0.29, 0.717) is 151 Å². The van der Waals surface area contributed by atoms with Gasteiger partial charge in [0.1, 0.15) is 19.0 Å². The fourth-order valence-electron chi connectivity index (χ4n) is 4.38. The van der Waals surface area contributed by atoms with Crippen LogP contribution >= 0.6 is 0 Å². The summed E-state index contributed by atoms with van der Waals surface area (Å²) < 4.78 is 65.5. The molecular formula is C38H69NO13. The number of nitrogen functional groups attached to an aromatic ring is 1. The van der Waals surface area contributed by atoms with Crippen molar-refractivity contribution in [1.82, 2.24) is 0 Å². The second-order valence-electron chi connectivity index (χ2n) is 11.6. The lowest BCUT2D eigenvalue weighted by Gasteiger charge is -2.09. The first-order valence-electron chi connectivity index (χ1n) is 19.1. The molecule has 0 aliphatic carbocycles. The van der Waals surface area contributed by atoms with Crippen LogP contribution < -0.4 is 10.5 Å². The zero-order valence-electron chi connectivity index (χ0n) is 31.9. The molecule has 2 N–H and O–H groups in total. The molecule has 14 heteroatoms. The molecule has 0 heterocycles. The Kier molecular flexibility index (Phi) is 36.9. The lowest BCUT2D eigenvalue weighted by molar-refractivity contribution is -0.145. The first kappa shape index (κ1) is 47.9. The number of unbranched alkanes of at least 4 members (excludes halogenated alkanes) is 6. The molecule has 304 valence electrons. The molecule has 0 aromatic heterocycles. The predicted molar refractivity (Wildman–Crippen MR) is 198 cm³/mol. The van der Waals surface area contributed by atoms with Crippen LogP contribution in [0.1, 0.15) is 58.3 Å². The standard InChI is InChI=1S/C38H69NO13/c1-2-3-4-5-6-7-8-9-38(40)52-35-33-50-31-29-48-27-25-46-23-21-44-19-17-42-15-14-41-16-18-43-20-22-45-24-26-47-28-30-49-32-34-51-37-12-10-36(39)11-13-37/h10-13H,2-9,14-35,39H2,1H3. The topological polar surface area (TPSA) is 154 Å². The van der Waals surface area contributed by atoms with Gasteiger partial charge in [0.05, 0.1) is 132 Å². The summed E-state index contributed by atoms with van der Waals surface area (Å²) in [4.78, 5) is 11.7. The summed E-state index contributed by atoms with van der Waals surface area (Å²) >= 11 is 0. The number of carbonyl (C=O) groups is 1. The fraction of sp³-hybridized carbons (Fsp3) is 0.816. The molecule has 52 heavy (non-hydrogen) atoms. The van der Waals surface area contributed by atoms with Gasteiger partial charge in [-0.25, -0.2) is 0 Å². The molecule has 0 atom stereocenters. The van der Waals surface area contributed by atoms with Crippen LogP contribution in [0.5, 0.6) is 5.75 Å². The van der Waals surface area contributed by atoms with E-state index < -0.39 is 0 Å². The van der Waals surface area contributed by atoms with Gasteiger partial charge in [0, 0.05) is 12.1 Å². The molecule has 14 nitrogen and oxygen atoms in total. The summed E-state index contributed by atoms with van der Waals surface area (Å²) in [7, 11) is 0. The van der Waals surface area contributed by atoms with E-state index >= 15 is 0 Å². The van der Waals surface area contributed by atoms with Crippen LogP contribution in [0.3, 0.4) is 0 Å². The Morgan fingerprint density at radius 3 is 1.10 bits per heavy atom. The third kappa shape index (κ3) is 36.3. The van der Waals surface area contributed by atoms with Crippen molar-refractivity contribution in [2.75, 3.05) is 151 Å². The molecule has 0 amide bonds. The van der Waals surface area contributed by atoms with E-state index in [-0.39, 0.29) is 12.6 Å². The Bertz CT molecular complexity index is 866. The molecule has 0 bridgehead atoms. The van der Waals surface area contributed by atoms with Gasteiger partial charge < -0.3 is 62.6 Å². The molecule has 0 unspecified atom stereocenters. The van der Waals surface area contributed by atoms with Crippen molar-refractivity contribution in [2.45, 2.75) is 58.3 Å². The highest BCUT2D eigenvalue weighted by Crippen LogP contribution is 2.12. The minimum atomic E-state index is -0.142. The number of ether oxygens (including phenoxy) is 12. The molecule has 1 rings (SSSR count). The van der Waals surface area contributed by atoms with Crippen molar-refractivity contribution >= 4 is 11.7 Å². The van der Waals surface area contributed by atoms with Gasteiger partial charge in [-0.2, -0.15) is 0 Å². The van der Waals surface area contributed by atoms with Crippen molar-refractivity contribution < 1.29 is 61.6 Å². The number of rotatable bonds is 42. The highest BCUT2D eigenvalue weighted by molar-refractivity contribution is 5.69. The lowest BCUT2D eigenvalue weighted by Crippen LogP contribution is -2.15. The van der Waals surface area contributed by atoms with E-state index in [1.807, 2.05) is 12.1 Å². The second kappa shape index (κ2) is 40.1. The molecule has 0 spiro atoms.